The largest absolute Gasteiger partial charge is 0.326 e. The third-order valence-electron chi connectivity index (χ3n) is 3.24. The van der Waals surface area contributed by atoms with Crippen molar-refractivity contribution in [2.75, 3.05) is 11.9 Å². The molecule has 0 saturated carbocycles. The number of carbonyl (C=O) groups is 3. The second kappa shape index (κ2) is 6.76. The number of anilines is 1. The Bertz CT molecular complexity index is 574. The smallest absolute Gasteiger partial charge is 0.289 e. The van der Waals surface area contributed by atoms with Gasteiger partial charge in [0.2, 0.25) is 11.8 Å². The molecule has 112 valence electrons. The average Bonchev–Trinajstić information content (AvgIpc) is 2.69. The molecule has 0 bridgehead atoms. The molecule has 1 atom stereocenters. The van der Waals surface area contributed by atoms with Crippen LogP contribution in [0.5, 0.6) is 0 Å². The van der Waals surface area contributed by atoms with E-state index in [-0.39, 0.29) is 23.5 Å². The van der Waals surface area contributed by atoms with E-state index in [9.17, 15) is 14.4 Å². The summed E-state index contributed by atoms with van der Waals surface area (Å²) < 4.78 is 0. The van der Waals surface area contributed by atoms with Crippen molar-refractivity contribution in [3.63, 3.8) is 0 Å². The Hall–Kier alpha value is -1.82. The SMILES string of the molecule is CCCN1C(=O)SC(CC(=O)Nc2ccccc2C)C1=O. The van der Waals surface area contributed by atoms with Crippen LogP contribution in [0, 0.1) is 6.92 Å². The maximum atomic E-state index is 12.1. The molecule has 21 heavy (non-hydrogen) atoms. The fraction of sp³-hybridized carbons (Fsp3) is 0.400. The number of nitrogens with one attached hydrogen (secondary N) is 1. The van der Waals surface area contributed by atoms with E-state index in [1.54, 1.807) is 0 Å². The van der Waals surface area contributed by atoms with E-state index in [1.165, 1.54) is 4.90 Å². The van der Waals surface area contributed by atoms with E-state index in [0.717, 1.165) is 29.4 Å². The molecule has 1 aromatic carbocycles. The third-order valence-corrected chi connectivity index (χ3v) is 4.32. The minimum Gasteiger partial charge on any atom is -0.326 e. The number of carbonyl (C=O) groups excluding carboxylic acids is 3. The molecule has 0 aliphatic carbocycles. The van der Waals surface area contributed by atoms with Gasteiger partial charge in [0.1, 0.15) is 5.25 Å². The molecule has 1 saturated heterocycles. The van der Waals surface area contributed by atoms with Crippen LogP contribution in [0.15, 0.2) is 24.3 Å². The van der Waals surface area contributed by atoms with Gasteiger partial charge in [0.05, 0.1) is 0 Å². The Kier molecular flexibility index (Phi) is 5.01. The van der Waals surface area contributed by atoms with Gasteiger partial charge in [-0.2, -0.15) is 0 Å². The van der Waals surface area contributed by atoms with Crippen molar-refractivity contribution in [2.45, 2.75) is 31.9 Å². The zero-order valence-electron chi connectivity index (χ0n) is 12.1. The first-order valence-electron chi connectivity index (χ1n) is 6.90. The fourth-order valence-corrected chi connectivity index (χ4v) is 3.15. The van der Waals surface area contributed by atoms with Crippen LogP contribution in [0.1, 0.15) is 25.3 Å². The van der Waals surface area contributed by atoms with Gasteiger partial charge in [0, 0.05) is 18.7 Å². The molecule has 3 amide bonds. The van der Waals surface area contributed by atoms with Gasteiger partial charge >= 0.3 is 0 Å². The van der Waals surface area contributed by atoms with Gasteiger partial charge in [-0.3, -0.25) is 19.3 Å². The first-order valence-corrected chi connectivity index (χ1v) is 7.78. The highest BCUT2D eigenvalue weighted by Gasteiger charge is 2.39. The maximum Gasteiger partial charge on any atom is 0.289 e. The maximum absolute atomic E-state index is 12.1. The monoisotopic (exact) mass is 306 g/mol. The van der Waals surface area contributed by atoms with E-state index in [0.29, 0.717) is 6.54 Å². The quantitative estimate of drug-likeness (QED) is 0.908. The molecule has 1 N–H and O–H groups in total. The highest BCUT2D eigenvalue weighted by Crippen LogP contribution is 2.29. The summed E-state index contributed by atoms with van der Waals surface area (Å²) in [4.78, 5) is 37.0. The van der Waals surface area contributed by atoms with E-state index < -0.39 is 5.25 Å². The van der Waals surface area contributed by atoms with Crippen LogP contribution in [0.3, 0.4) is 0 Å². The molecule has 5 nitrogen and oxygen atoms in total. The van der Waals surface area contributed by atoms with Crippen molar-refractivity contribution in [3.05, 3.63) is 29.8 Å². The third kappa shape index (κ3) is 3.64. The molecule has 6 heteroatoms. The van der Waals surface area contributed by atoms with E-state index in [1.807, 2.05) is 38.1 Å². The number of para-hydroxylation sites is 1. The molecular formula is C15H18N2O3S. The molecule has 1 fully saturated rings. The molecule has 1 aliphatic rings. The van der Waals surface area contributed by atoms with Crippen molar-refractivity contribution >= 4 is 34.5 Å². The number of imide groups is 1. The van der Waals surface area contributed by atoms with Crippen molar-refractivity contribution in [2.24, 2.45) is 0 Å². The summed E-state index contributed by atoms with van der Waals surface area (Å²) in [7, 11) is 0. The predicted octanol–water partition coefficient (Wildman–Crippen LogP) is 2.80. The highest BCUT2D eigenvalue weighted by molar-refractivity contribution is 8.15. The molecule has 0 aromatic heterocycles. The first kappa shape index (κ1) is 15.6. The topological polar surface area (TPSA) is 66.5 Å². The minimum absolute atomic E-state index is 0.0176. The van der Waals surface area contributed by atoms with Crippen molar-refractivity contribution < 1.29 is 14.4 Å². The lowest BCUT2D eigenvalue weighted by molar-refractivity contribution is -0.128. The lowest BCUT2D eigenvalue weighted by Gasteiger charge is -2.12. The number of benzene rings is 1. The summed E-state index contributed by atoms with van der Waals surface area (Å²) in [6, 6.07) is 7.44. The van der Waals surface area contributed by atoms with Gasteiger partial charge in [0.15, 0.2) is 0 Å². The van der Waals surface area contributed by atoms with Crippen LogP contribution < -0.4 is 5.32 Å². The number of nitrogens with zero attached hydrogens (tertiary/aromatic N) is 1. The lowest BCUT2D eigenvalue weighted by Crippen LogP contribution is -2.33. The van der Waals surface area contributed by atoms with Crippen molar-refractivity contribution in [3.8, 4) is 0 Å². The Morgan fingerprint density at radius 3 is 2.71 bits per heavy atom. The van der Waals surface area contributed by atoms with Crippen LogP contribution in [0.25, 0.3) is 0 Å². The zero-order valence-corrected chi connectivity index (χ0v) is 12.9. The van der Waals surface area contributed by atoms with Gasteiger partial charge < -0.3 is 5.32 Å². The summed E-state index contributed by atoms with van der Waals surface area (Å²) in [5, 5.41) is 1.93. The van der Waals surface area contributed by atoms with E-state index in [4.69, 9.17) is 0 Å². The summed E-state index contributed by atoms with van der Waals surface area (Å²) in [5.41, 5.74) is 1.69. The van der Waals surface area contributed by atoms with Crippen molar-refractivity contribution in [1.29, 1.82) is 0 Å². The van der Waals surface area contributed by atoms with Crippen LogP contribution in [-0.2, 0) is 9.59 Å². The molecule has 2 rings (SSSR count). The van der Waals surface area contributed by atoms with Gasteiger partial charge in [-0.05, 0) is 25.0 Å². The van der Waals surface area contributed by atoms with Crippen LogP contribution in [0.4, 0.5) is 10.5 Å². The van der Waals surface area contributed by atoms with Crippen molar-refractivity contribution in [1.82, 2.24) is 4.90 Å². The van der Waals surface area contributed by atoms with Gasteiger partial charge in [0.25, 0.3) is 5.24 Å². The second-order valence-corrected chi connectivity index (χ2v) is 6.08. The number of thioether (sulfide) groups is 1. The number of hydrogen-bond donors (Lipinski definition) is 1. The van der Waals surface area contributed by atoms with E-state index in [2.05, 4.69) is 5.32 Å². The normalized spacial score (nSPS) is 18.2. The molecule has 1 aromatic rings. The molecule has 1 unspecified atom stereocenters. The standard InChI is InChI=1S/C15H18N2O3S/c1-3-8-17-14(19)12(21-15(17)20)9-13(18)16-11-7-5-4-6-10(11)2/h4-7,12H,3,8-9H2,1-2H3,(H,16,18). The van der Waals surface area contributed by atoms with Gasteiger partial charge in [-0.15, -0.1) is 0 Å². The Labute approximate surface area is 128 Å². The number of rotatable bonds is 5. The van der Waals surface area contributed by atoms with Crippen LogP contribution >= 0.6 is 11.8 Å². The first-order chi connectivity index (χ1) is 10.0. The Morgan fingerprint density at radius 1 is 1.33 bits per heavy atom. The average molecular weight is 306 g/mol. The molecule has 1 aliphatic heterocycles. The molecule has 0 radical (unpaired) electrons. The molecule has 1 heterocycles. The second-order valence-electron chi connectivity index (χ2n) is 4.93. The summed E-state index contributed by atoms with van der Waals surface area (Å²) >= 11 is 0.941. The number of amides is 3. The fourth-order valence-electron chi connectivity index (χ4n) is 2.14. The number of hydrogen-bond acceptors (Lipinski definition) is 4. The van der Waals surface area contributed by atoms with Gasteiger partial charge in [-0.25, -0.2) is 0 Å². The Balaban J connectivity index is 1.96. The molecule has 0 spiro atoms. The van der Waals surface area contributed by atoms with Gasteiger partial charge in [-0.1, -0.05) is 36.9 Å². The Morgan fingerprint density at radius 2 is 2.05 bits per heavy atom. The predicted molar refractivity (Wildman–Crippen MR) is 83.2 cm³/mol. The highest BCUT2D eigenvalue weighted by atomic mass is 32.2. The molecular weight excluding hydrogens is 288 g/mol. The lowest BCUT2D eigenvalue weighted by atomic mass is 10.2. The summed E-state index contributed by atoms with van der Waals surface area (Å²) in [6.07, 6.45) is 0.740. The summed E-state index contributed by atoms with van der Waals surface area (Å²) in [5.74, 6) is -0.506. The van der Waals surface area contributed by atoms with Crippen LogP contribution in [0.2, 0.25) is 0 Å². The number of aryl methyl sites for hydroxylation is 1. The summed E-state index contributed by atoms with van der Waals surface area (Å²) in [6.45, 7) is 4.22. The minimum atomic E-state index is -0.604. The zero-order chi connectivity index (χ0) is 15.4. The van der Waals surface area contributed by atoms with Crippen LogP contribution in [-0.4, -0.2) is 33.7 Å². The van der Waals surface area contributed by atoms with E-state index >= 15 is 0 Å².